The fraction of sp³-hybridized carbons (Fsp3) is 0.375. The molecule has 0 atom stereocenters. The average molecular weight is 286 g/mol. The van der Waals surface area contributed by atoms with Crippen LogP contribution in [-0.4, -0.2) is 34.5 Å². The van der Waals surface area contributed by atoms with Crippen molar-refractivity contribution in [1.82, 2.24) is 14.5 Å². The molecule has 0 saturated heterocycles. The summed E-state index contributed by atoms with van der Waals surface area (Å²) in [6.07, 6.45) is 3.69. The first-order chi connectivity index (χ1) is 10.0. The molecular weight excluding hydrogens is 264 g/mol. The topological polar surface area (TPSA) is 50.2 Å². The van der Waals surface area contributed by atoms with Crippen LogP contribution in [0.15, 0.2) is 30.7 Å². The van der Waals surface area contributed by atoms with Crippen LogP contribution in [0.25, 0.3) is 0 Å². The Morgan fingerprint density at radius 3 is 2.81 bits per heavy atom. The van der Waals surface area contributed by atoms with Gasteiger partial charge in [-0.2, -0.15) is 0 Å². The third-order valence-corrected chi connectivity index (χ3v) is 3.49. The number of aromatic nitrogens is 2. The smallest absolute Gasteiger partial charge is 0.253 e. The molecule has 1 aromatic heterocycles. The molecule has 0 fully saturated rings. The van der Waals surface area contributed by atoms with Crippen molar-refractivity contribution in [3.8, 4) is 0 Å². The zero-order valence-electron chi connectivity index (χ0n) is 13.1. The molecule has 2 rings (SSSR count). The number of hydrogen-bond donors (Lipinski definition) is 1. The van der Waals surface area contributed by atoms with Crippen molar-refractivity contribution in [2.24, 2.45) is 0 Å². The zero-order valence-corrected chi connectivity index (χ0v) is 13.1. The molecule has 0 unspecified atom stereocenters. The first-order valence-corrected chi connectivity index (χ1v) is 7.08. The molecule has 1 heterocycles. The van der Waals surface area contributed by atoms with E-state index in [1.165, 1.54) is 0 Å². The summed E-state index contributed by atoms with van der Waals surface area (Å²) in [5.74, 6) is 0.0108. The van der Waals surface area contributed by atoms with Gasteiger partial charge < -0.3 is 14.8 Å². The van der Waals surface area contributed by atoms with Gasteiger partial charge in [-0.3, -0.25) is 4.79 Å². The van der Waals surface area contributed by atoms with Crippen LogP contribution in [0.1, 0.15) is 28.5 Å². The minimum atomic E-state index is 0.0108. The van der Waals surface area contributed by atoms with Gasteiger partial charge in [-0.25, -0.2) is 4.98 Å². The van der Waals surface area contributed by atoms with Gasteiger partial charge in [0.2, 0.25) is 0 Å². The molecule has 0 aliphatic rings. The van der Waals surface area contributed by atoms with E-state index in [9.17, 15) is 4.79 Å². The van der Waals surface area contributed by atoms with Crippen molar-refractivity contribution in [2.75, 3.05) is 19.4 Å². The van der Waals surface area contributed by atoms with E-state index in [4.69, 9.17) is 0 Å². The Morgan fingerprint density at radius 1 is 1.38 bits per heavy atom. The van der Waals surface area contributed by atoms with E-state index in [1.807, 2.05) is 37.6 Å². The minimum Gasteiger partial charge on any atom is -0.379 e. The van der Waals surface area contributed by atoms with Crippen molar-refractivity contribution in [3.63, 3.8) is 0 Å². The summed E-state index contributed by atoms with van der Waals surface area (Å²) in [5.41, 5.74) is 3.91. The maximum atomic E-state index is 12.0. The fourth-order valence-corrected chi connectivity index (χ4v) is 2.17. The predicted octanol–water partition coefficient (Wildman–Crippen LogP) is 2.53. The highest BCUT2D eigenvalue weighted by atomic mass is 16.2. The van der Waals surface area contributed by atoms with Crippen LogP contribution in [0.3, 0.4) is 0 Å². The molecule has 0 aliphatic heterocycles. The summed E-state index contributed by atoms with van der Waals surface area (Å²) in [6, 6.07) is 5.74. The van der Waals surface area contributed by atoms with Gasteiger partial charge in [0.05, 0.1) is 18.6 Å². The first kappa shape index (κ1) is 15.1. The van der Waals surface area contributed by atoms with Crippen LogP contribution in [0.5, 0.6) is 0 Å². The molecule has 1 aromatic carbocycles. The normalized spacial score (nSPS) is 10.5. The van der Waals surface area contributed by atoms with Gasteiger partial charge >= 0.3 is 0 Å². The van der Waals surface area contributed by atoms with Crippen molar-refractivity contribution >= 4 is 11.6 Å². The molecule has 2 aromatic rings. The van der Waals surface area contributed by atoms with Crippen LogP contribution >= 0.6 is 0 Å². The summed E-state index contributed by atoms with van der Waals surface area (Å²) in [7, 11) is 3.52. The highest BCUT2D eigenvalue weighted by Crippen LogP contribution is 2.18. The SMILES string of the molecule is CCn1cncc1CNc1cc(C(=O)N(C)C)ccc1C. The Balaban J connectivity index is 2.16. The standard InChI is InChI=1S/C16H22N4O/c1-5-20-11-17-9-14(20)10-18-15-8-13(7-6-12(15)2)16(21)19(3)4/h6-9,11,18H,5,10H2,1-4H3. The number of benzene rings is 1. The van der Waals surface area contributed by atoms with E-state index in [-0.39, 0.29) is 5.91 Å². The van der Waals surface area contributed by atoms with E-state index in [0.29, 0.717) is 12.1 Å². The monoisotopic (exact) mass is 286 g/mol. The molecule has 0 spiro atoms. The van der Waals surface area contributed by atoms with Crippen molar-refractivity contribution in [3.05, 3.63) is 47.5 Å². The van der Waals surface area contributed by atoms with Crippen LogP contribution < -0.4 is 5.32 Å². The van der Waals surface area contributed by atoms with Crippen LogP contribution in [0.4, 0.5) is 5.69 Å². The van der Waals surface area contributed by atoms with Crippen molar-refractivity contribution in [2.45, 2.75) is 26.9 Å². The second kappa shape index (κ2) is 6.43. The largest absolute Gasteiger partial charge is 0.379 e. The molecule has 112 valence electrons. The number of nitrogens with one attached hydrogen (secondary N) is 1. The summed E-state index contributed by atoms with van der Waals surface area (Å²) in [6.45, 7) is 5.71. The van der Waals surface area contributed by atoms with E-state index in [1.54, 1.807) is 19.0 Å². The lowest BCUT2D eigenvalue weighted by atomic mass is 10.1. The summed E-state index contributed by atoms with van der Waals surface area (Å²) in [4.78, 5) is 17.8. The van der Waals surface area contributed by atoms with Gasteiger partial charge in [0.1, 0.15) is 0 Å². The van der Waals surface area contributed by atoms with E-state index < -0.39 is 0 Å². The quantitative estimate of drug-likeness (QED) is 0.919. The zero-order chi connectivity index (χ0) is 15.4. The number of carbonyl (C=O) groups excluding carboxylic acids is 1. The Labute approximate surface area is 125 Å². The lowest BCUT2D eigenvalue weighted by molar-refractivity contribution is 0.0827. The summed E-state index contributed by atoms with van der Waals surface area (Å²) in [5, 5.41) is 3.39. The molecule has 0 saturated carbocycles. The van der Waals surface area contributed by atoms with Gasteiger partial charge in [0.15, 0.2) is 0 Å². The highest BCUT2D eigenvalue weighted by molar-refractivity contribution is 5.95. The highest BCUT2D eigenvalue weighted by Gasteiger charge is 2.10. The number of imidazole rings is 1. The number of nitrogens with zero attached hydrogens (tertiary/aromatic N) is 3. The number of carbonyl (C=O) groups is 1. The van der Waals surface area contributed by atoms with Crippen LogP contribution in [0.2, 0.25) is 0 Å². The molecule has 5 nitrogen and oxygen atoms in total. The Hall–Kier alpha value is -2.30. The van der Waals surface area contributed by atoms with E-state index in [2.05, 4.69) is 21.8 Å². The van der Waals surface area contributed by atoms with E-state index >= 15 is 0 Å². The lowest BCUT2D eigenvalue weighted by Crippen LogP contribution is -2.21. The first-order valence-electron chi connectivity index (χ1n) is 7.08. The van der Waals surface area contributed by atoms with Crippen LogP contribution in [0, 0.1) is 6.92 Å². The predicted molar refractivity (Wildman–Crippen MR) is 84.4 cm³/mol. The van der Waals surface area contributed by atoms with Gasteiger partial charge in [-0.1, -0.05) is 6.07 Å². The number of amides is 1. The Bertz CT molecular complexity index is 631. The van der Waals surface area contributed by atoms with Crippen molar-refractivity contribution < 1.29 is 4.79 Å². The maximum absolute atomic E-state index is 12.0. The second-order valence-corrected chi connectivity index (χ2v) is 5.25. The molecule has 21 heavy (non-hydrogen) atoms. The average Bonchev–Trinajstić information content (AvgIpc) is 2.93. The Morgan fingerprint density at radius 2 is 2.14 bits per heavy atom. The van der Waals surface area contributed by atoms with E-state index in [0.717, 1.165) is 23.5 Å². The van der Waals surface area contributed by atoms with Gasteiger partial charge in [-0.05, 0) is 31.5 Å². The van der Waals surface area contributed by atoms with Gasteiger partial charge in [-0.15, -0.1) is 0 Å². The third kappa shape index (κ3) is 3.42. The van der Waals surface area contributed by atoms with Gasteiger partial charge in [0, 0.05) is 38.1 Å². The number of hydrogen-bond acceptors (Lipinski definition) is 3. The minimum absolute atomic E-state index is 0.0108. The number of anilines is 1. The number of rotatable bonds is 5. The molecule has 5 heteroatoms. The molecule has 1 N–H and O–H groups in total. The molecule has 0 radical (unpaired) electrons. The number of aryl methyl sites for hydroxylation is 2. The van der Waals surface area contributed by atoms with Gasteiger partial charge in [0.25, 0.3) is 5.91 Å². The molecule has 1 amide bonds. The molecule has 0 aliphatic carbocycles. The summed E-state index contributed by atoms with van der Waals surface area (Å²) < 4.78 is 2.09. The van der Waals surface area contributed by atoms with Crippen LogP contribution in [-0.2, 0) is 13.1 Å². The Kier molecular flexibility index (Phi) is 4.62. The second-order valence-electron chi connectivity index (χ2n) is 5.25. The maximum Gasteiger partial charge on any atom is 0.253 e. The lowest BCUT2D eigenvalue weighted by Gasteiger charge is -2.14. The fourth-order valence-electron chi connectivity index (χ4n) is 2.17. The summed E-state index contributed by atoms with van der Waals surface area (Å²) >= 11 is 0. The van der Waals surface area contributed by atoms with Crippen molar-refractivity contribution in [1.29, 1.82) is 0 Å². The molecule has 0 bridgehead atoms. The third-order valence-electron chi connectivity index (χ3n) is 3.49. The molecular formula is C16H22N4O.